The number of hydrogen-bond donors (Lipinski definition) is 0. The Morgan fingerprint density at radius 3 is 2.72 bits per heavy atom. The van der Waals surface area contributed by atoms with Crippen LogP contribution in [0.3, 0.4) is 0 Å². The van der Waals surface area contributed by atoms with Crippen molar-refractivity contribution < 1.29 is 18.3 Å². The molecule has 0 saturated carbocycles. The molecule has 0 aliphatic carbocycles. The summed E-state index contributed by atoms with van der Waals surface area (Å²) in [5.74, 6) is -3.47. The molecule has 1 amide bonds. The van der Waals surface area contributed by atoms with Gasteiger partial charge in [-0.05, 0) is 24.3 Å². The van der Waals surface area contributed by atoms with Gasteiger partial charge < -0.3 is 9.64 Å². The van der Waals surface area contributed by atoms with Crippen molar-refractivity contribution in [1.82, 2.24) is 29.9 Å². The number of ether oxygens (including phenoxy) is 1. The number of nitrogens with zero attached hydrogens (tertiary/aromatic N) is 6. The van der Waals surface area contributed by atoms with Gasteiger partial charge in [-0.15, -0.1) is 0 Å². The first-order valence-electron chi connectivity index (χ1n) is 10.0. The van der Waals surface area contributed by atoms with Gasteiger partial charge in [-0.2, -0.15) is 15.0 Å². The smallest absolute Gasteiger partial charge is 0.287 e. The Kier molecular flexibility index (Phi) is 4.96. The molecule has 1 saturated heterocycles. The standard InChI is InChI=1S/C22H18F2N6O2/c23-22(24)8-12-29(21(31)18-13-16(7-9-25-18)30-26-10-11-27-30)14-19(22)32-20-6-5-15-3-1-2-4-17(15)28-20/h1-7,9-11,13,19H,8,12,14H2. The van der Waals surface area contributed by atoms with Gasteiger partial charge >= 0.3 is 0 Å². The second-order valence-corrected chi connectivity index (χ2v) is 7.43. The van der Waals surface area contributed by atoms with E-state index in [1.54, 1.807) is 24.3 Å². The molecule has 0 N–H and O–H groups in total. The molecular weight excluding hydrogens is 418 g/mol. The van der Waals surface area contributed by atoms with Gasteiger partial charge in [0.05, 0.1) is 30.1 Å². The van der Waals surface area contributed by atoms with Gasteiger partial charge in [0.1, 0.15) is 5.69 Å². The van der Waals surface area contributed by atoms with Crippen LogP contribution in [-0.4, -0.2) is 60.9 Å². The van der Waals surface area contributed by atoms with Crippen LogP contribution in [0.25, 0.3) is 16.6 Å². The van der Waals surface area contributed by atoms with E-state index < -0.39 is 24.4 Å². The Bertz CT molecular complexity index is 1260. The molecule has 0 spiro atoms. The maximum Gasteiger partial charge on any atom is 0.287 e. The second-order valence-electron chi connectivity index (χ2n) is 7.43. The number of carbonyl (C=O) groups excluding carboxylic acids is 1. The zero-order valence-corrected chi connectivity index (χ0v) is 16.8. The summed E-state index contributed by atoms with van der Waals surface area (Å²) in [6, 6.07) is 13.8. The third-order valence-corrected chi connectivity index (χ3v) is 5.31. The van der Waals surface area contributed by atoms with Gasteiger partial charge in [-0.1, -0.05) is 18.2 Å². The number of carbonyl (C=O) groups is 1. The number of fused-ring (bicyclic) bond motifs is 1. The number of pyridine rings is 2. The number of piperidine rings is 1. The fourth-order valence-corrected chi connectivity index (χ4v) is 3.61. The van der Waals surface area contributed by atoms with E-state index >= 15 is 0 Å². The number of hydrogen-bond acceptors (Lipinski definition) is 6. The fraction of sp³-hybridized carbons (Fsp3) is 0.227. The summed E-state index contributed by atoms with van der Waals surface area (Å²) in [5.41, 5.74) is 1.31. The molecule has 1 aromatic carbocycles. The van der Waals surface area contributed by atoms with E-state index in [-0.39, 0.29) is 24.7 Å². The number of benzene rings is 1. The summed E-state index contributed by atoms with van der Waals surface area (Å²) < 4.78 is 34.8. The maximum absolute atomic E-state index is 14.6. The fourth-order valence-electron chi connectivity index (χ4n) is 3.61. The van der Waals surface area contributed by atoms with Crippen molar-refractivity contribution in [2.45, 2.75) is 18.4 Å². The van der Waals surface area contributed by atoms with Gasteiger partial charge in [-0.25, -0.2) is 13.8 Å². The first-order valence-corrected chi connectivity index (χ1v) is 10.0. The third-order valence-electron chi connectivity index (χ3n) is 5.31. The quantitative estimate of drug-likeness (QED) is 0.489. The minimum absolute atomic E-state index is 0.0903. The molecule has 1 fully saturated rings. The molecule has 1 aliphatic heterocycles. The predicted octanol–water partition coefficient (Wildman–Crippen LogP) is 3.14. The van der Waals surface area contributed by atoms with Crippen LogP contribution in [0, 0.1) is 0 Å². The van der Waals surface area contributed by atoms with E-state index in [1.165, 1.54) is 34.4 Å². The zero-order valence-electron chi connectivity index (χ0n) is 16.8. The first-order chi connectivity index (χ1) is 15.5. The van der Waals surface area contributed by atoms with E-state index in [9.17, 15) is 13.6 Å². The number of para-hydroxylation sites is 1. The van der Waals surface area contributed by atoms with E-state index in [2.05, 4.69) is 20.2 Å². The van der Waals surface area contributed by atoms with Crippen molar-refractivity contribution in [3.05, 3.63) is 72.8 Å². The minimum atomic E-state index is -3.10. The van der Waals surface area contributed by atoms with Crippen molar-refractivity contribution in [3.63, 3.8) is 0 Å². The number of likely N-dealkylation sites (tertiary alicyclic amines) is 1. The Morgan fingerprint density at radius 1 is 1.06 bits per heavy atom. The van der Waals surface area contributed by atoms with E-state index in [1.807, 2.05) is 18.2 Å². The van der Waals surface area contributed by atoms with Crippen LogP contribution in [0.1, 0.15) is 16.9 Å². The summed E-state index contributed by atoms with van der Waals surface area (Å²) in [7, 11) is 0. The topological polar surface area (TPSA) is 86.0 Å². The summed E-state index contributed by atoms with van der Waals surface area (Å²) in [6.07, 6.45) is 2.44. The molecule has 1 unspecified atom stereocenters. The highest BCUT2D eigenvalue weighted by Crippen LogP contribution is 2.32. The van der Waals surface area contributed by atoms with E-state index in [0.29, 0.717) is 11.2 Å². The van der Waals surface area contributed by atoms with Crippen LogP contribution in [0.15, 0.2) is 67.1 Å². The van der Waals surface area contributed by atoms with E-state index in [4.69, 9.17) is 4.74 Å². The highest BCUT2D eigenvalue weighted by molar-refractivity contribution is 5.93. The Morgan fingerprint density at radius 2 is 1.88 bits per heavy atom. The lowest BCUT2D eigenvalue weighted by Crippen LogP contribution is -2.55. The molecule has 32 heavy (non-hydrogen) atoms. The lowest BCUT2D eigenvalue weighted by molar-refractivity contribution is -0.131. The normalized spacial score (nSPS) is 17.9. The molecule has 1 atom stereocenters. The SMILES string of the molecule is O=C(c1cc(-n2nccn2)ccn1)N1CCC(F)(F)C(Oc2ccc3ccccc3n2)C1. The molecule has 4 aromatic rings. The number of halogens is 2. The number of amides is 1. The van der Waals surface area contributed by atoms with Crippen molar-refractivity contribution in [2.24, 2.45) is 0 Å². The molecule has 5 rings (SSSR count). The number of aromatic nitrogens is 5. The van der Waals surface area contributed by atoms with Gasteiger partial charge in [0.25, 0.3) is 11.8 Å². The summed E-state index contributed by atoms with van der Waals surface area (Å²) in [6.45, 7) is -0.394. The molecule has 3 aromatic heterocycles. The first kappa shape index (κ1) is 20.0. The highest BCUT2D eigenvalue weighted by Gasteiger charge is 2.47. The van der Waals surface area contributed by atoms with Crippen LogP contribution >= 0.6 is 0 Å². The van der Waals surface area contributed by atoms with Gasteiger partial charge in [0, 0.05) is 30.6 Å². The predicted molar refractivity (Wildman–Crippen MR) is 111 cm³/mol. The van der Waals surface area contributed by atoms with Crippen LogP contribution in [0.2, 0.25) is 0 Å². The summed E-state index contributed by atoms with van der Waals surface area (Å²) in [4.78, 5) is 24.1. The largest absolute Gasteiger partial charge is 0.466 e. The molecule has 0 bridgehead atoms. The molecule has 0 radical (unpaired) electrons. The van der Waals surface area contributed by atoms with Crippen LogP contribution in [0.5, 0.6) is 5.88 Å². The van der Waals surface area contributed by atoms with Crippen molar-refractivity contribution in [3.8, 4) is 11.6 Å². The average molecular weight is 436 g/mol. The molecule has 162 valence electrons. The Labute approximate surface area is 181 Å². The number of rotatable bonds is 4. The molecule has 1 aliphatic rings. The van der Waals surface area contributed by atoms with Crippen LogP contribution in [-0.2, 0) is 0 Å². The van der Waals surface area contributed by atoms with Crippen LogP contribution in [0.4, 0.5) is 8.78 Å². The van der Waals surface area contributed by atoms with Crippen molar-refractivity contribution in [2.75, 3.05) is 13.1 Å². The number of alkyl halides is 2. The second kappa shape index (κ2) is 7.95. The minimum Gasteiger partial charge on any atom is -0.466 e. The van der Waals surface area contributed by atoms with Gasteiger partial charge in [-0.3, -0.25) is 9.78 Å². The highest BCUT2D eigenvalue weighted by atomic mass is 19.3. The molecule has 8 nitrogen and oxygen atoms in total. The average Bonchev–Trinajstić information content (AvgIpc) is 3.35. The lowest BCUT2D eigenvalue weighted by Gasteiger charge is -2.37. The monoisotopic (exact) mass is 436 g/mol. The molecule has 10 heteroatoms. The Balaban J connectivity index is 1.36. The van der Waals surface area contributed by atoms with Crippen molar-refractivity contribution >= 4 is 16.8 Å². The lowest BCUT2D eigenvalue weighted by atomic mass is 10.0. The molecule has 4 heterocycles. The zero-order chi connectivity index (χ0) is 22.1. The Hall–Kier alpha value is -3.95. The van der Waals surface area contributed by atoms with Crippen molar-refractivity contribution in [1.29, 1.82) is 0 Å². The van der Waals surface area contributed by atoms with Gasteiger partial charge in [0.15, 0.2) is 6.10 Å². The summed E-state index contributed by atoms with van der Waals surface area (Å²) >= 11 is 0. The van der Waals surface area contributed by atoms with E-state index in [0.717, 1.165) is 5.39 Å². The summed E-state index contributed by atoms with van der Waals surface area (Å²) in [5, 5.41) is 8.93. The van der Waals surface area contributed by atoms with Gasteiger partial charge in [0.2, 0.25) is 5.88 Å². The third kappa shape index (κ3) is 3.86. The molecular formula is C22H18F2N6O2. The van der Waals surface area contributed by atoms with Crippen LogP contribution < -0.4 is 4.74 Å². The maximum atomic E-state index is 14.6.